The number of amides is 1. The maximum atomic E-state index is 12.4. The second-order valence-corrected chi connectivity index (χ2v) is 5.55. The van der Waals surface area contributed by atoms with Gasteiger partial charge in [-0.25, -0.2) is 0 Å². The smallest absolute Gasteiger partial charge is 0.274 e. The lowest BCUT2D eigenvalue weighted by Crippen LogP contribution is -2.33. The monoisotopic (exact) mass is 343 g/mol. The standard InChI is InChI=1S/C17H14ClN3O3/c18-12-6-2-1-5-11(12)8-9-19-15(22)14-16(23)20-13-7-3-4-10-21(13)17(14)24/h1-7,10,23H,8-9H2,(H,19,22). The number of benzene rings is 1. The molecule has 0 aliphatic rings. The molecule has 0 spiro atoms. The zero-order valence-electron chi connectivity index (χ0n) is 12.6. The van der Waals surface area contributed by atoms with E-state index in [0.29, 0.717) is 11.4 Å². The number of halogens is 1. The van der Waals surface area contributed by atoms with Gasteiger partial charge in [-0.1, -0.05) is 35.9 Å². The highest BCUT2D eigenvalue weighted by Crippen LogP contribution is 2.15. The van der Waals surface area contributed by atoms with Gasteiger partial charge >= 0.3 is 0 Å². The van der Waals surface area contributed by atoms with Gasteiger partial charge in [-0.15, -0.1) is 0 Å². The summed E-state index contributed by atoms with van der Waals surface area (Å²) in [5.41, 5.74) is 0.163. The van der Waals surface area contributed by atoms with E-state index < -0.39 is 17.3 Å². The summed E-state index contributed by atoms with van der Waals surface area (Å²) in [6, 6.07) is 12.2. The topological polar surface area (TPSA) is 83.7 Å². The van der Waals surface area contributed by atoms with E-state index in [4.69, 9.17) is 11.6 Å². The fourth-order valence-electron chi connectivity index (χ4n) is 2.38. The number of rotatable bonds is 4. The molecule has 1 amide bonds. The Morgan fingerprint density at radius 1 is 1.21 bits per heavy atom. The number of nitrogens with one attached hydrogen (secondary N) is 1. The summed E-state index contributed by atoms with van der Waals surface area (Å²) in [4.78, 5) is 28.5. The fraction of sp³-hybridized carbons (Fsp3) is 0.118. The maximum Gasteiger partial charge on any atom is 0.274 e. The molecule has 0 radical (unpaired) electrons. The zero-order chi connectivity index (χ0) is 17.1. The number of nitrogens with zero attached hydrogens (tertiary/aromatic N) is 2. The molecule has 2 N–H and O–H groups in total. The van der Waals surface area contributed by atoms with Gasteiger partial charge in [0.25, 0.3) is 11.5 Å². The number of carbonyl (C=O) groups is 1. The van der Waals surface area contributed by atoms with Crippen LogP contribution < -0.4 is 10.9 Å². The molecule has 0 aliphatic heterocycles. The molecule has 3 aromatic rings. The Labute approximate surface area is 142 Å². The van der Waals surface area contributed by atoms with E-state index in [9.17, 15) is 14.7 Å². The third-order valence-electron chi connectivity index (χ3n) is 3.58. The number of hydrogen-bond donors (Lipinski definition) is 2. The van der Waals surface area contributed by atoms with Gasteiger partial charge in [0, 0.05) is 17.8 Å². The minimum Gasteiger partial charge on any atom is -0.493 e. The number of aromatic nitrogens is 2. The van der Waals surface area contributed by atoms with E-state index in [-0.39, 0.29) is 17.8 Å². The van der Waals surface area contributed by atoms with Crippen LogP contribution in [0.2, 0.25) is 5.02 Å². The van der Waals surface area contributed by atoms with Gasteiger partial charge in [-0.2, -0.15) is 4.98 Å². The summed E-state index contributed by atoms with van der Waals surface area (Å²) < 4.78 is 1.21. The van der Waals surface area contributed by atoms with Crippen molar-refractivity contribution in [2.24, 2.45) is 0 Å². The van der Waals surface area contributed by atoms with E-state index in [2.05, 4.69) is 10.3 Å². The van der Waals surface area contributed by atoms with Crippen LogP contribution in [0.5, 0.6) is 5.88 Å². The molecule has 0 fully saturated rings. The van der Waals surface area contributed by atoms with Gasteiger partial charge in [0.05, 0.1) is 0 Å². The maximum absolute atomic E-state index is 12.4. The molecule has 0 bridgehead atoms. The summed E-state index contributed by atoms with van der Waals surface area (Å²) in [6.07, 6.45) is 2.00. The number of fused-ring (bicyclic) bond motifs is 1. The van der Waals surface area contributed by atoms with Crippen molar-refractivity contribution in [3.63, 3.8) is 0 Å². The van der Waals surface area contributed by atoms with Gasteiger partial charge in [0.15, 0.2) is 5.56 Å². The Hall–Kier alpha value is -2.86. The summed E-state index contributed by atoms with van der Waals surface area (Å²) in [5.74, 6) is -1.25. The predicted octanol–water partition coefficient (Wildman–Crippen LogP) is 2.03. The second kappa shape index (κ2) is 6.72. The van der Waals surface area contributed by atoms with Crippen LogP contribution in [0.4, 0.5) is 0 Å². The fourth-order valence-corrected chi connectivity index (χ4v) is 2.61. The lowest BCUT2D eigenvalue weighted by molar-refractivity contribution is 0.0949. The highest BCUT2D eigenvalue weighted by molar-refractivity contribution is 6.31. The molecular formula is C17H14ClN3O3. The van der Waals surface area contributed by atoms with Crippen molar-refractivity contribution in [1.29, 1.82) is 0 Å². The Kier molecular flexibility index (Phi) is 4.48. The van der Waals surface area contributed by atoms with Crippen LogP contribution in [-0.2, 0) is 6.42 Å². The van der Waals surface area contributed by atoms with Gasteiger partial charge in [0.2, 0.25) is 5.88 Å². The van der Waals surface area contributed by atoms with Gasteiger partial charge < -0.3 is 10.4 Å². The molecule has 2 aromatic heterocycles. The van der Waals surface area contributed by atoms with Crippen molar-refractivity contribution >= 4 is 23.2 Å². The van der Waals surface area contributed by atoms with Crippen LogP contribution in [0.1, 0.15) is 15.9 Å². The van der Waals surface area contributed by atoms with Gasteiger partial charge in [-0.3, -0.25) is 14.0 Å². The molecule has 1 aromatic carbocycles. The van der Waals surface area contributed by atoms with Crippen molar-refractivity contribution in [2.45, 2.75) is 6.42 Å². The normalized spacial score (nSPS) is 10.7. The quantitative estimate of drug-likeness (QED) is 0.759. The summed E-state index contributed by atoms with van der Waals surface area (Å²) in [5, 5.41) is 13.1. The number of aromatic hydroxyl groups is 1. The third-order valence-corrected chi connectivity index (χ3v) is 3.95. The Morgan fingerprint density at radius 3 is 2.75 bits per heavy atom. The molecule has 0 unspecified atom stereocenters. The molecule has 0 saturated heterocycles. The van der Waals surface area contributed by atoms with Crippen molar-refractivity contribution < 1.29 is 9.90 Å². The molecule has 24 heavy (non-hydrogen) atoms. The van der Waals surface area contributed by atoms with E-state index in [0.717, 1.165) is 5.56 Å². The first-order valence-electron chi connectivity index (χ1n) is 7.30. The zero-order valence-corrected chi connectivity index (χ0v) is 13.3. The largest absolute Gasteiger partial charge is 0.493 e. The Balaban J connectivity index is 1.79. The molecule has 6 nitrogen and oxygen atoms in total. The van der Waals surface area contributed by atoms with E-state index >= 15 is 0 Å². The summed E-state index contributed by atoms with van der Waals surface area (Å²) in [7, 11) is 0. The van der Waals surface area contributed by atoms with Crippen LogP contribution in [0.15, 0.2) is 53.5 Å². The van der Waals surface area contributed by atoms with Crippen LogP contribution >= 0.6 is 11.6 Å². The molecule has 122 valence electrons. The van der Waals surface area contributed by atoms with Crippen molar-refractivity contribution in [1.82, 2.24) is 14.7 Å². The number of pyridine rings is 1. The molecule has 3 rings (SSSR count). The predicted molar refractivity (Wildman–Crippen MR) is 90.6 cm³/mol. The number of carbonyl (C=O) groups excluding carboxylic acids is 1. The lowest BCUT2D eigenvalue weighted by Gasteiger charge is -2.08. The van der Waals surface area contributed by atoms with Crippen LogP contribution in [-0.4, -0.2) is 26.9 Å². The van der Waals surface area contributed by atoms with Gasteiger partial charge in [0.1, 0.15) is 5.65 Å². The third kappa shape index (κ3) is 3.09. The van der Waals surface area contributed by atoms with E-state index in [1.54, 1.807) is 24.3 Å². The average molecular weight is 344 g/mol. The minimum atomic E-state index is -0.671. The Morgan fingerprint density at radius 2 is 1.96 bits per heavy atom. The minimum absolute atomic E-state index is 0.271. The van der Waals surface area contributed by atoms with Crippen molar-refractivity contribution in [2.75, 3.05) is 6.54 Å². The molecule has 0 aliphatic carbocycles. The highest BCUT2D eigenvalue weighted by Gasteiger charge is 2.19. The molecule has 0 atom stereocenters. The first kappa shape index (κ1) is 16.0. The molecule has 7 heteroatoms. The first-order chi connectivity index (χ1) is 11.6. The summed E-state index contributed by atoms with van der Waals surface area (Å²) >= 11 is 6.06. The average Bonchev–Trinajstić information content (AvgIpc) is 2.56. The summed E-state index contributed by atoms with van der Waals surface area (Å²) in [6.45, 7) is 0.277. The first-order valence-corrected chi connectivity index (χ1v) is 7.67. The van der Waals surface area contributed by atoms with Crippen molar-refractivity contribution in [3.8, 4) is 5.88 Å². The Bertz CT molecular complexity index is 969. The number of hydrogen-bond acceptors (Lipinski definition) is 4. The SMILES string of the molecule is O=C(NCCc1ccccc1Cl)c1c(O)nc2ccccn2c1=O. The van der Waals surface area contributed by atoms with E-state index in [1.807, 2.05) is 18.2 Å². The van der Waals surface area contributed by atoms with Crippen LogP contribution in [0.25, 0.3) is 5.65 Å². The van der Waals surface area contributed by atoms with E-state index in [1.165, 1.54) is 10.6 Å². The lowest BCUT2D eigenvalue weighted by atomic mass is 10.1. The van der Waals surface area contributed by atoms with Crippen LogP contribution in [0, 0.1) is 0 Å². The van der Waals surface area contributed by atoms with Crippen molar-refractivity contribution in [3.05, 3.63) is 75.2 Å². The molecule has 2 heterocycles. The second-order valence-electron chi connectivity index (χ2n) is 5.14. The highest BCUT2D eigenvalue weighted by atomic mass is 35.5. The molecular weight excluding hydrogens is 330 g/mol. The molecule has 0 saturated carbocycles. The van der Waals surface area contributed by atoms with Gasteiger partial charge in [-0.05, 0) is 30.2 Å². The van der Waals surface area contributed by atoms with Crippen LogP contribution in [0.3, 0.4) is 0 Å².